The summed E-state index contributed by atoms with van der Waals surface area (Å²) in [5.74, 6) is 0.287. The van der Waals surface area contributed by atoms with E-state index in [9.17, 15) is 4.79 Å². The van der Waals surface area contributed by atoms with Crippen molar-refractivity contribution in [3.8, 4) is 0 Å². The molecule has 7 heteroatoms. The molecule has 0 N–H and O–H groups in total. The Morgan fingerprint density at radius 1 is 1.53 bits per heavy atom. The fraction of sp³-hybridized carbons (Fsp3) is 0.200. The van der Waals surface area contributed by atoms with E-state index in [1.807, 2.05) is 0 Å². The lowest BCUT2D eigenvalue weighted by molar-refractivity contribution is 0.102. The van der Waals surface area contributed by atoms with E-state index in [1.165, 1.54) is 16.4 Å². The third kappa shape index (κ3) is 3.04. The molecule has 17 heavy (non-hydrogen) atoms. The predicted octanol–water partition coefficient (Wildman–Crippen LogP) is 1.84. The van der Waals surface area contributed by atoms with Gasteiger partial charge in [-0.2, -0.15) is 0 Å². The average molecular weight is 269 g/mol. The van der Waals surface area contributed by atoms with Crippen LogP contribution < -0.4 is 0 Å². The summed E-state index contributed by atoms with van der Waals surface area (Å²) in [6, 6.07) is 6.88. The van der Waals surface area contributed by atoms with Gasteiger partial charge in [0, 0.05) is 17.6 Å². The number of nitrogens with zero attached hydrogens (tertiary/aromatic N) is 4. The van der Waals surface area contributed by atoms with Crippen molar-refractivity contribution in [3.05, 3.63) is 34.9 Å². The molecule has 0 amide bonds. The molecule has 1 aromatic carbocycles. The molecule has 0 aliphatic heterocycles. The first-order valence-corrected chi connectivity index (χ1v) is 6.17. The van der Waals surface area contributed by atoms with Crippen molar-refractivity contribution in [2.75, 3.05) is 5.75 Å². The standard InChI is InChI=1S/C10H9ClN4OS/c1-15-10(12-13-14-15)17-6-9(16)7-3-2-4-8(11)5-7/h2-5H,6H2,1H3. The Labute approximate surface area is 107 Å². The van der Waals surface area contributed by atoms with Crippen molar-refractivity contribution in [1.82, 2.24) is 20.2 Å². The minimum atomic E-state index is 0.000463. The second kappa shape index (κ2) is 5.29. The molecule has 0 radical (unpaired) electrons. The zero-order valence-electron chi connectivity index (χ0n) is 9.00. The molecular formula is C10H9ClN4OS. The number of carbonyl (C=O) groups is 1. The molecule has 0 bridgehead atoms. The van der Waals surface area contributed by atoms with Gasteiger partial charge in [0.25, 0.3) is 0 Å². The van der Waals surface area contributed by atoms with Gasteiger partial charge in [0.05, 0.1) is 5.75 Å². The molecule has 0 saturated heterocycles. The molecule has 0 spiro atoms. The van der Waals surface area contributed by atoms with Crippen LogP contribution in [0.1, 0.15) is 10.4 Å². The third-order valence-corrected chi connectivity index (χ3v) is 3.31. The summed E-state index contributed by atoms with van der Waals surface area (Å²) in [6.45, 7) is 0. The number of tetrazole rings is 1. The van der Waals surface area contributed by atoms with Crippen LogP contribution in [-0.4, -0.2) is 31.7 Å². The van der Waals surface area contributed by atoms with E-state index in [0.717, 1.165) is 0 Å². The van der Waals surface area contributed by atoms with Crippen LogP contribution in [-0.2, 0) is 7.05 Å². The lowest BCUT2D eigenvalue weighted by Crippen LogP contribution is -2.03. The Bertz CT molecular complexity index is 543. The Morgan fingerprint density at radius 2 is 2.35 bits per heavy atom. The average Bonchev–Trinajstić information content (AvgIpc) is 2.72. The molecule has 2 rings (SSSR count). The van der Waals surface area contributed by atoms with Gasteiger partial charge < -0.3 is 0 Å². The smallest absolute Gasteiger partial charge is 0.209 e. The Kier molecular flexibility index (Phi) is 3.75. The van der Waals surface area contributed by atoms with Crippen molar-refractivity contribution in [3.63, 3.8) is 0 Å². The molecule has 0 atom stereocenters. The van der Waals surface area contributed by atoms with Crippen LogP contribution in [0.2, 0.25) is 5.02 Å². The zero-order chi connectivity index (χ0) is 12.3. The maximum atomic E-state index is 11.8. The van der Waals surface area contributed by atoms with Gasteiger partial charge in [-0.3, -0.25) is 4.79 Å². The second-order valence-corrected chi connectivity index (χ2v) is 4.69. The quantitative estimate of drug-likeness (QED) is 0.625. The molecule has 0 aliphatic rings. The van der Waals surface area contributed by atoms with E-state index < -0.39 is 0 Å². The number of aryl methyl sites for hydroxylation is 1. The predicted molar refractivity (Wildman–Crippen MR) is 65.3 cm³/mol. The molecule has 1 heterocycles. The lowest BCUT2D eigenvalue weighted by Gasteiger charge is -2.00. The van der Waals surface area contributed by atoms with Crippen LogP contribution in [0.5, 0.6) is 0 Å². The maximum Gasteiger partial charge on any atom is 0.209 e. The van der Waals surface area contributed by atoms with E-state index >= 15 is 0 Å². The SMILES string of the molecule is Cn1nnnc1SCC(=O)c1cccc(Cl)c1. The highest BCUT2D eigenvalue weighted by atomic mass is 35.5. The number of halogens is 1. The number of thioether (sulfide) groups is 1. The van der Waals surface area contributed by atoms with Gasteiger partial charge >= 0.3 is 0 Å². The topological polar surface area (TPSA) is 60.7 Å². The van der Waals surface area contributed by atoms with Crippen molar-refractivity contribution < 1.29 is 4.79 Å². The fourth-order valence-corrected chi connectivity index (χ4v) is 2.15. The van der Waals surface area contributed by atoms with E-state index in [2.05, 4.69) is 15.5 Å². The maximum absolute atomic E-state index is 11.8. The Balaban J connectivity index is 2.01. The molecule has 88 valence electrons. The Hall–Kier alpha value is -1.40. The molecular weight excluding hydrogens is 260 g/mol. The third-order valence-electron chi connectivity index (χ3n) is 2.06. The number of hydrogen-bond donors (Lipinski definition) is 0. The molecule has 0 fully saturated rings. The first-order chi connectivity index (χ1) is 8.16. The number of Topliss-reactive ketones (excluding diaryl/α,β-unsaturated/α-hetero) is 1. The lowest BCUT2D eigenvalue weighted by atomic mass is 10.1. The van der Waals surface area contributed by atoms with Crippen LogP contribution in [0, 0.1) is 0 Å². The first-order valence-electron chi connectivity index (χ1n) is 4.81. The minimum absolute atomic E-state index is 0.000463. The normalized spacial score (nSPS) is 10.5. The van der Waals surface area contributed by atoms with Crippen LogP contribution >= 0.6 is 23.4 Å². The molecule has 0 saturated carbocycles. The number of ketones is 1. The van der Waals surface area contributed by atoms with Crippen LogP contribution in [0.4, 0.5) is 0 Å². The van der Waals surface area contributed by atoms with E-state index in [0.29, 0.717) is 15.7 Å². The fourth-order valence-electron chi connectivity index (χ4n) is 1.22. The summed E-state index contributed by atoms with van der Waals surface area (Å²) >= 11 is 7.12. The van der Waals surface area contributed by atoms with Gasteiger partial charge in [-0.05, 0) is 22.6 Å². The summed E-state index contributed by atoms with van der Waals surface area (Å²) in [5.41, 5.74) is 0.597. The molecule has 1 aromatic heterocycles. The van der Waals surface area contributed by atoms with Crippen molar-refractivity contribution in [2.24, 2.45) is 7.05 Å². The summed E-state index contributed by atoms with van der Waals surface area (Å²) in [7, 11) is 1.73. The van der Waals surface area contributed by atoms with Gasteiger partial charge in [0.2, 0.25) is 5.16 Å². The van der Waals surface area contributed by atoms with Crippen LogP contribution in [0.3, 0.4) is 0 Å². The highest BCUT2D eigenvalue weighted by Crippen LogP contribution is 2.17. The summed E-state index contributed by atoms with van der Waals surface area (Å²) in [5, 5.41) is 12.1. The van der Waals surface area contributed by atoms with Gasteiger partial charge in [0.1, 0.15) is 0 Å². The highest BCUT2D eigenvalue weighted by Gasteiger charge is 2.10. The molecule has 2 aromatic rings. The number of rotatable bonds is 4. The molecule has 5 nitrogen and oxygen atoms in total. The van der Waals surface area contributed by atoms with E-state index in [4.69, 9.17) is 11.6 Å². The monoisotopic (exact) mass is 268 g/mol. The summed E-state index contributed by atoms with van der Waals surface area (Å²) in [6.07, 6.45) is 0. The van der Waals surface area contributed by atoms with E-state index in [-0.39, 0.29) is 11.5 Å². The first kappa shape index (κ1) is 12.1. The molecule has 0 unspecified atom stereocenters. The van der Waals surface area contributed by atoms with Gasteiger partial charge in [-0.1, -0.05) is 35.5 Å². The largest absolute Gasteiger partial charge is 0.293 e. The van der Waals surface area contributed by atoms with Gasteiger partial charge in [-0.25, -0.2) is 4.68 Å². The van der Waals surface area contributed by atoms with Crippen molar-refractivity contribution >= 4 is 29.1 Å². The zero-order valence-corrected chi connectivity index (χ0v) is 10.6. The second-order valence-electron chi connectivity index (χ2n) is 3.31. The van der Waals surface area contributed by atoms with Crippen molar-refractivity contribution in [1.29, 1.82) is 0 Å². The highest BCUT2D eigenvalue weighted by molar-refractivity contribution is 7.99. The summed E-state index contributed by atoms with van der Waals surface area (Å²) in [4.78, 5) is 11.8. The number of carbonyl (C=O) groups excluding carboxylic acids is 1. The number of aromatic nitrogens is 4. The van der Waals surface area contributed by atoms with Gasteiger partial charge in [-0.15, -0.1) is 5.10 Å². The summed E-state index contributed by atoms with van der Waals surface area (Å²) < 4.78 is 1.52. The van der Waals surface area contributed by atoms with E-state index in [1.54, 1.807) is 31.3 Å². The van der Waals surface area contributed by atoms with Crippen LogP contribution in [0.15, 0.2) is 29.4 Å². The van der Waals surface area contributed by atoms with Gasteiger partial charge in [0.15, 0.2) is 5.78 Å². The van der Waals surface area contributed by atoms with Crippen molar-refractivity contribution in [2.45, 2.75) is 5.16 Å². The minimum Gasteiger partial charge on any atom is -0.293 e. The molecule has 0 aliphatic carbocycles. The number of hydrogen-bond acceptors (Lipinski definition) is 5. The Morgan fingerprint density at radius 3 is 3.00 bits per heavy atom. The van der Waals surface area contributed by atoms with Crippen LogP contribution in [0.25, 0.3) is 0 Å². The number of benzene rings is 1.